The van der Waals surface area contributed by atoms with Crippen LogP contribution in [0.2, 0.25) is 0 Å². The molecule has 1 aromatic rings. The van der Waals surface area contributed by atoms with Crippen molar-refractivity contribution in [3.05, 3.63) is 5.82 Å². The highest BCUT2D eigenvalue weighted by Gasteiger charge is 1.99. The number of rotatable bonds is 2. The van der Waals surface area contributed by atoms with Gasteiger partial charge >= 0.3 is 0 Å². The second-order valence-corrected chi connectivity index (χ2v) is 2.72. The van der Waals surface area contributed by atoms with Crippen molar-refractivity contribution in [1.29, 1.82) is 0 Å². The second-order valence-electron chi connectivity index (χ2n) is 1.94. The lowest BCUT2D eigenvalue weighted by atomic mass is 10.7. The van der Waals surface area contributed by atoms with Crippen LogP contribution >= 0.6 is 11.8 Å². The van der Waals surface area contributed by atoms with Gasteiger partial charge in [-0.1, -0.05) is 11.8 Å². The highest BCUT2D eigenvalue weighted by molar-refractivity contribution is 7.98. The van der Waals surface area contributed by atoms with E-state index in [1.54, 1.807) is 7.05 Å². The average Bonchev–Trinajstić information content (AvgIpc) is 2.03. The van der Waals surface area contributed by atoms with Crippen molar-refractivity contribution in [2.75, 3.05) is 18.6 Å². The van der Waals surface area contributed by atoms with Crippen LogP contribution in [0.25, 0.3) is 0 Å². The maximum Gasteiger partial charge on any atom is 0.226 e. The lowest BCUT2D eigenvalue weighted by Crippen LogP contribution is -2.01. The number of nitrogens with one attached hydrogen (secondary N) is 1. The van der Waals surface area contributed by atoms with E-state index in [0.717, 1.165) is 11.0 Å². The minimum Gasteiger partial charge on any atom is -0.357 e. The van der Waals surface area contributed by atoms with Gasteiger partial charge in [-0.3, -0.25) is 0 Å². The lowest BCUT2D eigenvalue weighted by molar-refractivity contribution is 0.865. The maximum atomic E-state index is 4.10. The van der Waals surface area contributed by atoms with Crippen molar-refractivity contribution in [3.8, 4) is 0 Å². The van der Waals surface area contributed by atoms with Crippen LogP contribution in [-0.2, 0) is 0 Å². The number of aryl methyl sites for hydroxylation is 1. The van der Waals surface area contributed by atoms with Crippen LogP contribution < -0.4 is 5.32 Å². The number of aromatic nitrogens is 3. The molecule has 0 aliphatic carbocycles. The Balaban J connectivity index is 3.02. The van der Waals surface area contributed by atoms with Gasteiger partial charge in [-0.25, -0.2) is 4.98 Å². The fourth-order valence-corrected chi connectivity index (χ4v) is 1.06. The number of nitrogens with zero attached hydrogens (tertiary/aromatic N) is 3. The average molecular weight is 170 g/mol. The van der Waals surface area contributed by atoms with Gasteiger partial charge in [0.25, 0.3) is 0 Å². The molecule has 5 heteroatoms. The minimum atomic E-state index is 0.627. The first-order valence-electron chi connectivity index (χ1n) is 3.20. The Kier molecular flexibility index (Phi) is 2.64. The van der Waals surface area contributed by atoms with Gasteiger partial charge < -0.3 is 5.32 Å². The molecule has 0 aromatic carbocycles. The Morgan fingerprint density at radius 1 is 1.27 bits per heavy atom. The Bertz CT molecular complexity index is 228. The summed E-state index contributed by atoms with van der Waals surface area (Å²) in [6.45, 7) is 1.85. The van der Waals surface area contributed by atoms with E-state index < -0.39 is 0 Å². The largest absolute Gasteiger partial charge is 0.357 e. The summed E-state index contributed by atoms with van der Waals surface area (Å²) in [6.07, 6.45) is 1.94. The van der Waals surface area contributed by atoms with Crippen LogP contribution in [0.15, 0.2) is 5.16 Å². The molecule has 1 aromatic heterocycles. The molecule has 0 saturated heterocycles. The lowest BCUT2D eigenvalue weighted by Gasteiger charge is -2.00. The molecule has 0 spiro atoms. The third-order valence-corrected chi connectivity index (χ3v) is 1.68. The fourth-order valence-electron chi connectivity index (χ4n) is 0.660. The molecular formula is C6H10N4S. The van der Waals surface area contributed by atoms with Crippen molar-refractivity contribution >= 4 is 17.7 Å². The summed E-state index contributed by atoms with van der Waals surface area (Å²) >= 11 is 1.51. The van der Waals surface area contributed by atoms with Crippen molar-refractivity contribution in [3.63, 3.8) is 0 Å². The highest BCUT2D eigenvalue weighted by Crippen LogP contribution is 2.09. The van der Waals surface area contributed by atoms with E-state index >= 15 is 0 Å². The van der Waals surface area contributed by atoms with E-state index in [4.69, 9.17) is 0 Å². The molecule has 0 bridgehead atoms. The zero-order valence-electron chi connectivity index (χ0n) is 6.75. The molecule has 1 heterocycles. The SMILES string of the molecule is CNc1nc(C)nc(SC)n1. The van der Waals surface area contributed by atoms with Gasteiger partial charge in [0.1, 0.15) is 5.82 Å². The van der Waals surface area contributed by atoms with Crippen LogP contribution in [0, 0.1) is 6.92 Å². The topological polar surface area (TPSA) is 50.7 Å². The molecule has 1 rings (SSSR count). The predicted octanol–water partition coefficient (Wildman–Crippen LogP) is 0.944. The first kappa shape index (κ1) is 8.26. The van der Waals surface area contributed by atoms with Gasteiger partial charge in [0.05, 0.1) is 0 Å². The number of hydrogen-bond acceptors (Lipinski definition) is 5. The summed E-state index contributed by atoms with van der Waals surface area (Å²) in [5, 5.41) is 3.62. The number of thioether (sulfide) groups is 1. The van der Waals surface area contributed by atoms with Gasteiger partial charge in [-0.05, 0) is 13.2 Å². The molecule has 0 aliphatic rings. The van der Waals surface area contributed by atoms with E-state index in [1.165, 1.54) is 11.8 Å². The normalized spacial score (nSPS) is 9.73. The van der Waals surface area contributed by atoms with E-state index in [0.29, 0.717) is 5.95 Å². The van der Waals surface area contributed by atoms with Crippen molar-refractivity contribution in [1.82, 2.24) is 15.0 Å². The number of hydrogen-bond donors (Lipinski definition) is 1. The molecule has 0 saturated carbocycles. The molecule has 0 unspecified atom stereocenters. The Morgan fingerprint density at radius 3 is 2.55 bits per heavy atom. The Morgan fingerprint density at radius 2 is 2.00 bits per heavy atom. The maximum absolute atomic E-state index is 4.10. The third-order valence-electron chi connectivity index (χ3n) is 1.13. The van der Waals surface area contributed by atoms with Crippen molar-refractivity contribution in [2.45, 2.75) is 12.1 Å². The minimum absolute atomic E-state index is 0.627. The van der Waals surface area contributed by atoms with Gasteiger partial charge in [-0.15, -0.1) is 0 Å². The van der Waals surface area contributed by atoms with Crippen LogP contribution in [0.4, 0.5) is 5.95 Å². The standard InChI is InChI=1S/C6H10N4S/c1-4-8-5(7-2)10-6(9-4)11-3/h1-3H3,(H,7,8,9,10). The van der Waals surface area contributed by atoms with Crippen LogP contribution in [0.1, 0.15) is 5.82 Å². The molecule has 0 atom stereocenters. The Hall–Kier alpha value is -0.840. The molecule has 0 aliphatic heterocycles. The first-order chi connectivity index (χ1) is 5.26. The summed E-state index contributed by atoms with van der Waals surface area (Å²) in [6, 6.07) is 0. The molecule has 0 radical (unpaired) electrons. The van der Waals surface area contributed by atoms with E-state index in [-0.39, 0.29) is 0 Å². The van der Waals surface area contributed by atoms with Gasteiger partial charge in [0.15, 0.2) is 5.16 Å². The van der Waals surface area contributed by atoms with Crippen LogP contribution in [-0.4, -0.2) is 28.3 Å². The fraction of sp³-hybridized carbons (Fsp3) is 0.500. The summed E-state index contributed by atoms with van der Waals surface area (Å²) in [4.78, 5) is 12.3. The smallest absolute Gasteiger partial charge is 0.226 e. The monoisotopic (exact) mass is 170 g/mol. The van der Waals surface area contributed by atoms with E-state index in [1.807, 2.05) is 13.2 Å². The zero-order valence-corrected chi connectivity index (χ0v) is 7.57. The van der Waals surface area contributed by atoms with Gasteiger partial charge in [-0.2, -0.15) is 9.97 Å². The summed E-state index contributed by atoms with van der Waals surface area (Å²) in [5.41, 5.74) is 0. The van der Waals surface area contributed by atoms with Gasteiger partial charge in [0.2, 0.25) is 5.95 Å². The summed E-state index contributed by atoms with van der Waals surface area (Å²) < 4.78 is 0. The van der Waals surface area contributed by atoms with E-state index in [9.17, 15) is 0 Å². The second kappa shape index (κ2) is 3.52. The van der Waals surface area contributed by atoms with Gasteiger partial charge in [0, 0.05) is 7.05 Å². The molecule has 0 fully saturated rings. The quantitative estimate of drug-likeness (QED) is 0.669. The summed E-state index contributed by atoms with van der Waals surface area (Å²) in [5.74, 6) is 1.37. The van der Waals surface area contributed by atoms with Crippen molar-refractivity contribution < 1.29 is 0 Å². The van der Waals surface area contributed by atoms with Crippen LogP contribution in [0.5, 0.6) is 0 Å². The highest BCUT2D eigenvalue weighted by atomic mass is 32.2. The molecule has 11 heavy (non-hydrogen) atoms. The molecule has 1 N–H and O–H groups in total. The Labute approximate surface area is 69.9 Å². The van der Waals surface area contributed by atoms with E-state index in [2.05, 4.69) is 20.3 Å². The first-order valence-corrected chi connectivity index (χ1v) is 4.43. The molecular weight excluding hydrogens is 160 g/mol. The summed E-state index contributed by atoms with van der Waals surface area (Å²) in [7, 11) is 1.79. The van der Waals surface area contributed by atoms with Crippen molar-refractivity contribution in [2.24, 2.45) is 0 Å². The van der Waals surface area contributed by atoms with Crippen LogP contribution in [0.3, 0.4) is 0 Å². The zero-order chi connectivity index (χ0) is 8.27. The molecule has 60 valence electrons. The predicted molar refractivity (Wildman–Crippen MR) is 45.9 cm³/mol. The molecule has 4 nitrogen and oxygen atoms in total. The molecule has 0 amide bonds. The number of anilines is 1. The third kappa shape index (κ3) is 2.04.